The summed E-state index contributed by atoms with van der Waals surface area (Å²) < 4.78 is 5.10. The molecule has 0 saturated heterocycles. The largest absolute Gasteiger partial charge is 0.497 e. The lowest BCUT2D eigenvalue weighted by atomic mass is 10.1. The highest BCUT2D eigenvalue weighted by Gasteiger charge is 1.98. The number of ketones is 1. The first-order valence-electron chi connectivity index (χ1n) is 7.17. The number of ether oxygens (including phenoxy) is 1. The van der Waals surface area contributed by atoms with Gasteiger partial charge in [0.25, 0.3) is 0 Å². The molecular weight excluding hydrogens is 260 g/mol. The Labute approximate surface area is 126 Å². The second kappa shape index (κ2) is 8.05. The summed E-state index contributed by atoms with van der Waals surface area (Å²) in [7, 11) is 1.64. The van der Waals surface area contributed by atoms with E-state index in [-0.39, 0.29) is 5.78 Å². The minimum absolute atomic E-state index is 0.168. The van der Waals surface area contributed by atoms with Crippen molar-refractivity contribution in [2.24, 2.45) is 0 Å². The maximum atomic E-state index is 11.8. The summed E-state index contributed by atoms with van der Waals surface area (Å²) in [6.07, 6.45) is 5.93. The van der Waals surface area contributed by atoms with Gasteiger partial charge in [-0.15, -0.1) is 0 Å². The summed E-state index contributed by atoms with van der Waals surface area (Å²) >= 11 is 0. The van der Waals surface area contributed by atoms with Crippen molar-refractivity contribution in [2.45, 2.75) is 19.3 Å². The average molecular weight is 280 g/mol. The molecule has 0 N–H and O–H groups in total. The van der Waals surface area contributed by atoms with Crippen LogP contribution in [0.5, 0.6) is 5.75 Å². The number of methoxy groups -OCH3 is 1. The predicted molar refractivity (Wildman–Crippen MR) is 86.4 cm³/mol. The van der Waals surface area contributed by atoms with E-state index in [2.05, 4.69) is 12.1 Å². The molecule has 0 aromatic heterocycles. The molecule has 108 valence electrons. The van der Waals surface area contributed by atoms with Crippen molar-refractivity contribution in [3.05, 3.63) is 71.8 Å². The number of carbonyl (C=O) groups is 1. The summed E-state index contributed by atoms with van der Waals surface area (Å²) in [4.78, 5) is 11.8. The summed E-state index contributed by atoms with van der Waals surface area (Å²) in [6.45, 7) is 0. The maximum Gasteiger partial charge on any atom is 0.155 e. The van der Waals surface area contributed by atoms with Crippen LogP contribution in [0.4, 0.5) is 0 Å². The van der Waals surface area contributed by atoms with Gasteiger partial charge < -0.3 is 4.74 Å². The van der Waals surface area contributed by atoms with E-state index in [1.165, 1.54) is 5.56 Å². The second-order valence-electron chi connectivity index (χ2n) is 4.91. The lowest BCUT2D eigenvalue weighted by Crippen LogP contribution is -1.94. The number of allylic oxidation sites excluding steroid dienone is 1. The molecule has 0 bridgehead atoms. The molecular formula is C19H20O2. The first-order valence-corrected chi connectivity index (χ1v) is 7.17. The molecule has 0 atom stereocenters. The molecule has 0 heterocycles. The second-order valence-corrected chi connectivity index (χ2v) is 4.91. The zero-order valence-corrected chi connectivity index (χ0v) is 12.3. The molecule has 21 heavy (non-hydrogen) atoms. The predicted octanol–water partition coefficient (Wildman–Crippen LogP) is 4.30. The number of carbonyl (C=O) groups excluding carboxylic acids is 1. The summed E-state index contributed by atoms with van der Waals surface area (Å²) in [5.41, 5.74) is 2.29. The van der Waals surface area contributed by atoms with E-state index in [0.29, 0.717) is 6.42 Å². The van der Waals surface area contributed by atoms with Gasteiger partial charge in [-0.3, -0.25) is 4.79 Å². The van der Waals surface area contributed by atoms with Crippen LogP contribution in [0.15, 0.2) is 60.7 Å². The topological polar surface area (TPSA) is 26.3 Å². The van der Waals surface area contributed by atoms with Crippen molar-refractivity contribution in [1.29, 1.82) is 0 Å². The first kappa shape index (κ1) is 15.0. The van der Waals surface area contributed by atoms with E-state index in [9.17, 15) is 4.79 Å². The zero-order chi connectivity index (χ0) is 14.9. The SMILES string of the molecule is COc1ccc(/C=C\C(=O)CCCc2ccccc2)cc1. The lowest BCUT2D eigenvalue weighted by Gasteiger charge is -2.00. The fraction of sp³-hybridized carbons (Fsp3) is 0.211. The van der Waals surface area contributed by atoms with Crippen molar-refractivity contribution >= 4 is 11.9 Å². The standard InChI is InChI=1S/C19H20O2/c1-21-19-14-11-17(12-15-19)10-13-18(20)9-5-8-16-6-3-2-4-7-16/h2-4,6-7,10-15H,5,8-9H2,1H3/b13-10-. The minimum Gasteiger partial charge on any atom is -0.497 e. The van der Waals surface area contributed by atoms with Crippen LogP contribution in [-0.2, 0) is 11.2 Å². The van der Waals surface area contributed by atoms with E-state index in [1.54, 1.807) is 13.2 Å². The quantitative estimate of drug-likeness (QED) is 0.707. The van der Waals surface area contributed by atoms with Crippen molar-refractivity contribution < 1.29 is 9.53 Å². The van der Waals surface area contributed by atoms with Gasteiger partial charge in [-0.2, -0.15) is 0 Å². The fourth-order valence-corrected chi connectivity index (χ4v) is 2.10. The molecule has 0 spiro atoms. The Hall–Kier alpha value is -2.35. The molecule has 0 aliphatic rings. The van der Waals surface area contributed by atoms with Gasteiger partial charge in [0, 0.05) is 6.42 Å². The Kier molecular flexibility index (Phi) is 5.77. The first-order chi connectivity index (χ1) is 10.3. The fourth-order valence-electron chi connectivity index (χ4n) is 2.10. The molecule has 0 amide bonds. The van der Waals surface area contributed by atoms with Crippen molar-refractivity contribution in [3.8, 4) is 5.75 Å². The molecule has 2 nitrogen and oxygen atoms in total. The van der Waals surface area contributed by atoms with Gasteiger partial charge >= 0.3 is 0 Å². The van der Waals surface area contributed by atoms with E-state index < -0.39 is 0 Å². The van der Waals surface area contributed by atoms with Crippen LogP contribution in [0.25, 0.3) is 6.08 Å². The third-order valence-corrected chi connectivity index (χ3v) is 3.31. The minimum atomic E-state index is 0.168. The molecule has 0 aliphatic heterocycles. The van der Waals surface area contributed by atoms with Gasteiger partial charge in [-0.25, -0.2) is 0 Å². The van der Waals surface area contributed by atoms with Gasteiger partial charge in [0.1, 0.15) is 5.75 Å². The normalized spacial score (nSPS) is 10.7. The van der Waals surface area contributed by atoms with Crippen LogP contribution in [0, 0.1) is 0 Å². The van der Waals surface area contributed by atoms with Gasteiger partial charge in [-0.05, 0) is 42.2 Å². The molecule has 2 rings (SSSR count). The van der Waals surface area contributed by atoms with Gasteiger partial charge in [0.15, 0.2) is 5.78 Å². The van der Waals surface area contributed by atoms with E-state index in [4.69, 9.17) is 4.74 Å². The van der Waals surface area contributed by atoms with Gasteiger partial charge in [0.05, 0.1) is 7.11 Å². The third kappa shape index (κ3) is 5.27. The molecule has 2 heteroatoms. The Morgan fingerprint density at radius 2 is 1.76 bits per heavy atom. The smallest absolute Gasteiger partial charge is 0.155 e. The molecule has 0 unspecified atom stereocenters. The summed E-state index contributed by atoms with van der Waals surface area (Å²) in [6, 6.07) is 17.9. The van der Waals surface area contributed by atoms with Gasteiger partial charge in [-0.1, -0.05) is 48.5 Å². The molecule has 0 saturated carbocycles. The maximum absolute atomic E-state index is 11.8. The van der Waals surface area contributed by atoms with Crippen molar-refractivity contribution in [1.82, 2.24) is 0 Å². The van der Waals surface area contributed by atoms with E-state index in [1.807, 2.05) is 48.5 Å². The number of rotatable bonds is 7. The highest BCUT2D eigenvalue weighted by molar-refractivity contribution is 5.93. The zero-order valence-electron chi connectivity index (χ0n) is 12.3. The Balaban J connectivity index is 1.77. The van der Waals surface area contributed by atoms with Crippen LogP contribution >= 0.6 is 0 Å². The summed E-state index contributed by atoms with van der Waals surface area (Å²) in [5.74, 6) is 0.989. The van der Waals surface area contributed by atoms with Crippen molar-refractivity contribution in [2.75, 3.05) is 7.11 Å². The molecule has 0 radical (unpaired) electrons. The average Bonchev–Trinajstić information content (AvgIpc) is 2.54. The molecule has 2 aromatic rings. The number of benzene rings is 2. The van der Waals surface area contributed by atoms with E-state index >= 15 is 0 Å². The van der Waals surface area contributed by atoms with Crippen LogP contribution < -0.4 is 4.74 Å². The Morgan fingerprint density at radius 1 is 1.05 bits per heavy atom. The van der Waals surface area contributed by atoms with E-state index in [0.717, 1.165) is 24.2 Å². The number of hydrogen-bond donors (Lipinski definition) is 0. The number of aryl methyl sites for hydroxylation is 1. The highest BCUT2D eigenvalue weighted by Crippen LogP contribution is 2.12. The Bertz CT molecular complexity index is 583. The van der Waals surface area contributed by atoms with Crippen LogP contribution in [0.1, 0.15) is 24.0 Å². The summed E-state index contributed by atoms with van der Waals surface area (Å²) in [5, 5.41) is 0. The van der Waals surface area contributed by atoms with Gasteiger partial charge in [0.2, 0.25) is 0 Å². The van der Waals surface area contributed by atoms with Crippen LogP contribution in [0.2, 0.25) is 0 Å². The number of hydrogen-bond acceptors (Lipinski definition) is 2. The molecule has 0 fully saturated rings. The Morgan fingerprint density at radius 3 is 2.43 bits per heavy atom. The molecule has 0 aliphatic carbocycles. The van der Waals surface area contributed by atoms with Crippen molar-refractivity contribution in [3.63, 3.8) is 0 Å². The third-order valence-electron chi connectivity index (χ3n) is 3.31. The highest BCUT2D eigenvalue weighted by atomic mass is 16.5. The van der Waals surface area contributed by atoms with Crippen LogP contribution in [0.3, 0.4) is 0 Å². The molecule has 2 aromatic carbocycles. The monoisotopic (exact) mass is 280 g/mol. The lowest BCUT2D eigenvalue weighted by molar-refractivity contribution is -0.114. The van der Waals surface area contributed by atoms with Crippen LogP contribution in [-0.4, -0.2) is 12.9 Å².